The normalized spacial score (nSPS) is 11.0. The van der Waals surface area contributed by atoms with Crippen LogP contribution in [0.15, 0.2) is 23.8 Å². The Balaban J connectivity index is 0.000000531. The monoisotopic (exact) mass is 221 g/mol. The lowest BCUT2D eigenvalue weighted by atomic mass is 9.88. The predicted molar refractivity (Wildman–Crippen MR) is 69.7 cm³/mol. The van der Waals surface area contributed by atoms with Crippen molar-refractivity contribution in [2.24, 2.45) is 0 Å². The molecule has 82 valence electrons. The van der Waals surface area contributed by atoms with Gasteiger partial charge in [0.1, 0.15) is 0 Å². The minimum atomic E-state index is 0.192. The molecular formula is C13H19NS. The third-order valence-electron chi connectivity index (χ3n) is 2.17. The second-order valence-electron chi connectivity index (χ2n) is 4.28. The molecule has 0 bridgehead atoms. The van der Waals surface area contributed by atoms with Gasteiger partial charge in [-0.3, -0.25) is 4.98 Å². The number of nitrogens with zero attached hydrogens (tertiary/aromatic N) is 1. The van der Waals surface area contributed by atoms with Gasteiger partial charge in [-0.2, -0.15) is 0 Å². The Morgan fingerprint density at radius 3 is 2.40 bits per heavy atom. The molecule has 0 atom stereocenters. The molecule has 0 amide bonds. The van der Waals surface area contributed by atoms with Crippen LogP contribution in [-0.2, 0) is 5.41 Å². The summed E-state index contributed by atoms with van der Waals surface area (Å²) >= 11 is 1.80. The number of fused-ring (bicyclic) bond motifs is 1. The molecule has 0 unspecified atom stereocenters. The molecule has 15 heavy (non-hydrogen) atoms. The highest BCUT2D eigenvalue weighted by atomic mass is 32.1. The molecule has 0 radical (unpaired) electrons. The maximum Gasteiger partial charge on any atom is 0.0410 e. The third kappa shape index (κ3) is 2.57. The van der Waals surface area contributed by atoms with Gasteiger partial charge in [0.05, 0.1) is 0 Å². The summed E-state index contributed by atoms with van der Waals surface area (Å²) < 4.78 is 1.38. The fraction of sp³-hybridized carbons (Fsp3) is 0.462. The average Bonchev–Trinajstić information content (AvgIpc) is 2.66. The van der Waals surface area contributed by atoms with Crippen LogP contribution in [0.25, 0.3) is 10.1 Å². The van der Waals surface area contributed by atoms with Crippen LogP contribution in [0, 0.1) is 0 Å². The largest absolute Gasteiger partial charge is 0.264 e. The van der Waals surface area contributed by atoms with E-state index in [2.05, 4.69) is 37.2 Å². The number of rotatable bonds is 0. The van der Waals surface area contributed by atoms with E-state index < -0.39 is 0 Å². The summed E-state index contributed by atoms with van der Waals surface area (Å²) in [5.41, 5.74) is 1.54. The minimum Gasteiger partial charge on any atom is -0.264 e. The molecule has 0 spiro atoms. The predicted octanol–water partition coefficient (Wildman–Crippen LogP) is 4.62. The summed E-state index contributed by atoms with van der Waals surface area (Å²) in [6, 6.07) is 2.13. The molecule has 0 N–H and O–H groups in total. The summed E-state index contributed by atoms with van der Waals surface area (Å²) in [4.78, 5) is 4.26. The third-order valence-corrected chi connectivity index (χ3v) is 3.13. The smallest absolute Gasteiger partial charge is 0.0410 e. The second-order valence-corrected chi connectivity index (χ2v) is 5.19. The molecule has 0 aliphatic carbocycles. The highest BCUT2D eigenvalue weighted by Crippen LogP contribution is 2.32. The van der Waals surface area contributed by atoms with Gasteiger partial charge in [-0.05, 0) is 22.4 Å². The van der Waals surface area contributed by atoms with E-state index in [0.29, 0.717) is 0 Å². The molecule has 0 fully saturated rings. The Kier molecular flexibility index (Phi) is 3.86. The molecular weight excluding hydrogens is 202 g/mol. The Hall–Kier alpha value is -0.890. The zero-order valence-electron chi connectivity index (χ0n) is 10.2. The first-order chi connectivity index (χ1) is 7.09. The van der Waals surface area contributed by atoms with Crippen LogP contribution in [0.4, 0.5) is 0 Å². The lowest BCUT2D eigenvalue weighted by molar-refractivity contribution is 0.594. The summed E-state index contributed by atoms with van der Waals surface area (Å²) in [6.45, 7) is 10.7. The highest BCUT2D eigenvalue weighted by Gasteiger charge is 2.17. The number of hydrogen-bond donors (Lipinski definition) is 0. The van der Waals surface area contributed by atoms with E-state index in [9.17, 15) is 0 Å². The van der Waals surface area contributed by atoms with Crippen LogP contribution in [0.2, 0.25) is 0 Å². The Bertz CT molecular complexity index is 423. The molecule has 2 rings (SSSR count). The van der Waals surface area contributed by atoms with Crippen LogP contribution in [-0.4, -0.2) is 4.98 Å². The van der Waals surface area contributed by atoms with Crippen LogP contribution in [0.3, 0.4) is 0 Å². The van der Waals surface area contributed by atoms with E-state index in [0.717, 1.165) is 0 Å². The van der Waals surface area contributed by atoms with Crippen LogP contribution in [0.5, 0.6) is 0 Å². The SMILES string of the molecule is CC.CC(C)(C)c1cncc2ccsc12. The van der Waals surface area contributed by atoms with Gasteiger partial charge in [-0.15, -0.1) is 11.3 Å². The van der Waals surface area contributed by atoms with Crippen LogP contribution >= 0.6 is 11.3 Å². The van der Waals surface area contributed by atoms with Gasteiger partial charge in [0.25, 0.3) is 0 Å². The fourth-order valence-corrected chi connectivity index (χ4v) is 2.52. The number of hydrogen-bond acceptors (Lipinski definition) is 2. The van der Waals surface area contributed by atoms with Crippen molar-refractivity contribution in [3.63, 3.8) is 0 Å². The first-order valence-corrected chi connectivity index (χ1v) is 6.29. The minimum absolute atomic E-state index is 0.192. The second kappa shape index (κ2) is 4.75. The average molecular weight is 221 g/mol. The number of thiophene rings is 1. The van der Waals surface area contributed by atoms with Crippen molar-refractivity contribution in [1.82, 2.24) is 4.98 Å². The van der Waals surface area contributed by atoms with Crippen molar-refractivity contribution in [2.75, 3.05) is 0 Å². The van der Waals surface area contributed by atoms with E-state index in [1.54, 1.807) is 11.3 Å². The summed E-state index contributed by atoms with van der Waals surface area (Å²) in [7, 11) is 0. The molecule has 1 nitrogen and oxygen atoms in total. The first kappa shape index (κ1) is 12.2. The summed E-state index contributed by atoms with van der Waals surface area (Å²) in [5, 5.41) is 3.39. The van der Waals surface area contributed by atoms with E-state index in [4.69, 9.17) is 0 Å². The molecule has 2 heteroatoms. The van der Waals surface area contributed by atoms with Gasteiger partial charge in [-0.1, -0.05) is 34.6 Å². The molecule has 0 aromatic carbocycles. The van der Waals surface area contributed by atoms with Gasteiger partial charge in [0, 0.05) is 22.5 Å². The number of pyridine rings is 1. The molecule has 0 aliphatic rings. The molecule has 0 aliphatic heterocycles. The van der Waals surface area contributed by atoms with Crippen molar-refractivity contribution in [1.29, 1.82) is 0 Å². The Morgan fingerprint density at radius 2 is 1.80 bits per heavy atom. The fourth-order valence-electron chi connectivity index (χ4n) is 1.42. The summed E-state index contributed by atoms with van der Waals surface area (Å²) in [5.74, 6) is 0. The van der Waals surface area contributed by atoms with Gasteiger partial charge < -0.3 is 0 Å². The lowest BCUT2D eigenvalue weighted by Crippen LogP contribution is -2.11. The van der Waals surface area contributed by atoms with Gasteiger partial charge in [0.2, 0.25) is 0 Å². The van der Waals surface area contributed by atoms with E-state index >= 15 is 0 Å². The van der Waals surface area contributed by atoms with Gasteiger partial charge in [0.15, 0.2) is 0 Å². The van der Waals surface area contributed by atoms with E-state index in [-0.39, 0.29) is 5.41 Å². The van der Waals surface area contributed by atoms with Crippen LogP contribution < -0.4 is 0 Å². The van der Waals surface area contributed by atoms with Crippen LogP contribution in [0.1, 0.15) is 40.2 Å². The van der Waals surface area contributed by atoms with Crippen molar-refractivity contribution in [2.45, 2.75) is 40.0 Å². The number of aromatic nitrogens is 1. The Morgan fingerprint density at radius 1 is 1.13 bits per heavy atom. The highest BCUT2D eigenvalue weighted by molar-refractivity contribution is 7.17. The first-order valence-electron chi connectivity index (χ1n) is 5.41. The molecule has 0 saturated carbocycles. The Labute approximate surface area is 96.2 Å². The maximum atomic E-state index is 4.26. The molecule has 0 saturated heterocycles. The summed E-state index contributed by atoms with van der Waals surface area (Å²) in [6.07, 6.45) is 3.92. The van der Waals surface area contributed by atoms with Gasteiger partial charge >= 0.3 is 0 Å². The van der Waals surface area contributed by atoms with Crippen molar-refractivity contribution < 1.29 is 0 Å². The maximum absolute atomic E-state index is 4.26. The zero-order valence-corrected chi connectivity index (χ0v) is 11.0. The van der Waals surface area contributed by atoms with E-state index in [1.165, 1.54) is 15.6 Å². The topological polar surface area (TPSA) is 12.9 Å². The van der Waals surface area contributed by atoms with Gasteiger partial charge in [-0.25, -0.2) is 0 Å². The van der Waals surface area contributed by atoms with E-state index in [1.807, 2.05) is 26.2 Å². The molecule has 2 aromatic heterocycles. The van der Waals surface area contributed by atoms with Crippen molar-refractivity contribution in [3.8, 4) is 0 Å². The molecule has 2 aromatic rings. The van der Waals surface area contributed by atoms with Crippen molar-refractivity contribution >= 4 is 21.4 Å². The lowest BCUT2D eigenvalue weighted by Gasteiger charge is -2.18. The van der Waals surface area contributed by atoms with Crippen molar-refractivity contribution in [3.05, 3.63) is 29.4 Å². The zero-order chi connectivity index (χ0) is 11.5. The molecule has 2 heterocycles. The standard InChI is InChI=1S/C11H13NS.C2H6/c1-11(2,3)9-7-12-6-8-4-5-13-10(8)9;1-2/h4-7H,1-3H3;1-2H3. The quantitative estimate of drug-likeness (QED) is 0.632.